The van der Waals surface area contributed by atoms with Crippen LogP contribution in [-0.2, 0) is 6.54 Å². The molecule has 0 amide bonds. The summed E-state index contributed by atoms with van der Waals surface area (Å²) >= 11 is 9.69. The van der Waals surface area contributed by atoms with Crippen LogP contribution in [-0.4, -0.2) is 26.6 Å². The molecule has 0 aliphatic heterocycles. The minimum Gasteiger partial charge on any atom is -0.355 e. The monoisotopic (exact) mass is 365 g/mol. The second kappa shape index (κ2) is 5.61. The largest absolute Gasteiger partial charge is 0.355 e. The fraction of sp³-hybridized carbons (Fsp3) is 0.214. The van der Waals surface area contributed by atoms with Gasteiger partial charge < -0.3 is 4.90 Å². The maximum absolute atomic E-state index is 6.20. The number of halogens is 2. The summed E-state index contributed by atoms with van der Waals surface area (Å²) in [6.07, 6.45) is 1.48. The number of anilines is 1. The van der Waals surface area contributed by atoms with Crippen LogP contribution >= 0.6 is 27.5 Å². The van der Waals surface area contributed by atoms with E-state index in [4.69, 9.17) is 11.6 Å². The maximum Gasteiger partial charge on any atom is 0.255 e. The van der Waals surface area contributed by atoms with Crippen LogP contribution in [0.1, 0.15) is 11.1 Å². The molecule has 0 spiro atoms. The van der Waals surface area contributed by atoms with Gasteiger partial charge >= 0.3 is 0 Å². The zero-order valence-electron chi connectivity index (χ0n) is 11.6. The van der Waals surface area contributed by atoms with Gasteiger partial charge in [-0.3, -0.25) is 0 Å². The molecule has 0 fully saturated rings. The van der Waals surface area contributed by atoms with Crippen molar-refractivity contribution in [3.63, 3.8) is 0 Å². The Labute approximate surface area is 135 Å². The van der Waals surface area contributed by atoms with E-state index < -0.39 is 0 Å². The van der Waals surface area contributed by atoms with E-state index in [-0.39, 0.29) is 0 Å². The Morgan fingerprint density at radius 3 is 2.95 bits per heavy atom. The summed E-state index contributed by atoms with van der Waals surface area (Å²) < 4.78 is 2.77. The second-order valence-electron chi connectivity index (χ2n) is 4.81. The van der Waals surface area contributed by atoms with E-state index in [9.17, 15) is 0 Å². The molecule has 0 aliphatic rings. The second-order valence-corrected chi connectivity index (χ2v) is 6.08. The summed E-state index contributed by atoms with van der Waals surface area (Å²) in [7, 11) is 2.00. The van der Waals surface area contributed by atoms with Crippen molar-refractivity contribution in [3.05, 3.63) is 51.3 Å². The van der Waals surface area contributed by atoms with Crippen LogP contribution in [0.15, 0.2) is 35.1 Å². The topological polar surface area (TPSA) is 46.3 Å². The van der Waals surface area contributed by atoms with Gasteiger partial charge in [0.2, 0.25) is 0 Å². The lowest BCUT2D eigenvalue weighted by atomic mass is 10.2. The molecule has 3 rings (SSSR count). The number of hydrogen-bond acceptors (Lipinski definition) is 4. The lowest BCUT2D eigenvalue weighted by molar-refractivity contribution is 0.823. The minimum absolute atomic E-state index is 0.451. The molecule has 0 saturated heterocycles. The van der Waals surface area contributed by atoms with Gasteiger partial charge in [0.05, 0.1) is 0 Å². The van der Waals surface area contributed by atoms with Gasteiger partial charge in [-0.25, -0.2) is 0 Å². The van der Waals surface area contributed by atoms with Crippen LogP contribution in [0, 0.1) is 6.92 Å². The third-order valence-electron chi connectivity index (χ3n) is 3.24. The third kappa shape index (κ3) is 2.73. The number of rotatable bonds is 3. The Hall–Kier alpha value is -1.66. The molecule has 3 aromatic rings. The molecule has 0 radical (unpaired) electrons. The van der Waals surface area contributed by atoms with Gasteiger partial charge in [-0.1, -0.05) is 39.7 Å². The van der Waals surface area contributed by atoms with E-state index in [0.717, 1.165) is 22.4 Å². The molecule has 7 heteroatoms. The van der Waals surface area contributed by atoms with E-state index in [1.165, 1.54) is 11.9 Å². The van der Waals surface area contributed by atoms with Crippen LogP contribution in [0.5, 0.6) is 0 Å². The highest BCUT2D eigenvalue weighted by Crippen LogP contribution is 2.26. The Morgan fingerprint density at radius 2 is 2.19 bits per heavy atom. The summed E-state index contributed by atoms with van der Waals surface area (Å²) in [6, 6.07) is 8.20. The van der Waals surface area contributed by atoms with Crippen molar-refractivity contribution in [2.24, 2.45) is 0 Å². The van der Waals surface area contributed by atoms with Gasteiger partial charge in [-0.2, -0.15) is 19.6 Å². The Kier molecular flexibility index (Phi) is 3.82. The van der Waals surface area contributed by atoms with E-state index in [1.54, 1.807) is 4.52 Å². The molecule has 0 unspecified atom stereocenters. The van der Waals surface area contributed by atoms with Crippen molar-refractivity contribution >= 4 is 39.1 Å². The molecule has 0 saturated carbocycles. The lowest BCUT2D eigenvalue weighted by Gasteiger charge is -2.22. The summed E-state index contributed by atoms with van der Waals surface area (Å²) in [6.45, 7) is 2.67. The van der Waals surface area contributed by atoms with E-state index in [1.807, 2.05) is 26.1 Å². The SMILES string of the molecule is Cc1c(Cl)nc2ncnn2c1N(C)Cc1cccc(Br)c1. The molecule has 0 aliphatic carbocycles. The van der Waals surface area contributed by atoms with Crippen LogP contribution in [0.25, 0.3) is 5.78 Å². The van der Waals surface area contributed by atoms with Crippen molar-refractivity contribution in [1.29, 1.82) is 0 Å². The first-order valence-electron chi connectivity index (χ1n) is 6.37. The molecule has 2 aromatic heterocycles. The van der Waals surface area contributed by atoms with Crippen molar-refractivity contribution in [2.45, 2.75) is 13.5 Å². The van der Waals surface area contributed by atoms with E-state index in [0.29, 0.717) is 10.9 Å². The van der Waals surface area contributed by atoms with Gasteiger partial charge in [0, 0.05) is 23.6 Å². The van der Waals surface area contributed by atoms with Crippen LogP contribution < -0.4 is 4.90 Å². The molecular formula is C14H13BrClN5. The Balaban J connectivity index is 2.03. The van der Waals surface area contributed by atoms with Crippen molar-refractivity contribution in [1.82, 2.24) is 19.6 Å². The summed E-state index contributed by atoms with van der Waals surface area (Å²) in [5, 5.41) is 4.68. The smallest absolute Gasteiger partial charge is 0.255 e. The predicted octanol–water partition coefficient (Wildman–Crippen LogP) is 3.49. The minimum atomic E-state index is 0.451. The molecule has 0 atom stereocenters. The number of benzene rings is 1. The van der Waals surface area contributed by atoms with Crippen LogP contribution in [0.2, 0.25) is 5.15 Å². The number of aromatic nitrogens is 4. The molecule has 0 bridgehead atoms. The van der Waals surface area contributed by atoms with Gasteiger partial charge in [-0.15, -0.1) is 0 Å². The van der Waals surface area contributed by atoms with Crippen LogP contribution in [0.3, 0.4) is 0 Å². The first-order chi connectivity index (χ1) is 10.1. The highest BCUT2D eigenvalue weighted by atomic mass is 79.9. The molecule has 21 heavy (non-hydrogen) atoms. The molecular weight excluding hydrogens is 354 g/mol. The molecule has 1 aromatic carbocycles. The zero-order valence-corrected chi connectivity index (χ0v) is 13.9. The van der Waals surface area contributed by atoms with E-state index >= 15 is 0 Å². The van der Waals surface area contributed by atoms with Crippen LogP contribution in [0.4, 0.5) is 5.82 Å². The average molecular weight is 367 g/mol. The van der Waals surface area contributed by atoms with Gasteiger partial charge in [0.1, 0.15) is 17.3 Å². The molecule has 108 valence electrons. The summed E-state index contributed by atoms with van der Waals surface area (Å²) in [4.78, 5) is 10.4. The fourth-order valence-corrected chi connectivity index (χ4v) is 2.92. The van der Waals surface area contributed by atoms with Gasteiger partial charge in [-0.05, 0) is 24.6 Å². The van der Waals surface area contributed by atoms with Gasteiger partial charge in [0.25, 0.3) is 5.78 Å². The summed E-state index contributed by atoms with van der Waals surface area (Å²) in [5.41, 5.74) is 2.07. The molecule has 0 N–H and O–H groups in total. The quantitative estimate of drug-likeness (QED) is 0.666. The van der Waals surface area contributed by atoms with Crippen molar-refractivity contribution in [2.75, 3.05) is 11.9 Å². The van der Waals surface area contributed by atoms with Gasteiger partial charge in [0.15, 0.2) is 0 Å². The van der Waals surface area contributed by atoms with Crippen molar-refractivity contribution in [3.8, 4) is 0 Å². The lowest BCUT2D eigenvalue weighted by Crippen LogP contribution is -2.21. The predicted molar refractivity (Wildman–Crippen MR) is 86.8 cm³/mol. The first-order valence-corrected chi connectivity index (χ1v) is 7.55. The normalized spacial score (nSPS) is 11.0. The number of nitrogens with zero attached hydrogens (tertiary/aromatic N) is 5. The zero-order chi connectivity index (χ0) is 15.0. The maximum atomic E-state index is 6.20. The first kappa shape index (κ1) is 14.3. The number of hydrogen-bond donors (Lipinski definition) is 0. The third-order valence-corrected chi connectivity index (χ3v) is 4.10. The Morgan fingerprint density at radius 1 is 1.38 bits per heavy atom. The molecule has 2 heterocycles. The molecule has 5 nitrogen and oxygen atoms in total. The Bertz CT molecular complexity index is 801. The highest BCUT2D eigenvalue weighted by molar-refractivity contribution is 9.10. The van der Waals surface area contributed by atoms with E-state index in [2.05, 4.69) is 48.0 Å². The fourth-order valence-electron chi connectivity index (χ4n) is 2.32. The summed E-state index contributed by atoms with van der Waals surface area (Å²) in [5.74, 6) is 1.39. The average Bonchev–Trinajstić information content (AvgIpc) is 2.87. The van der Waals surface area contributed by atoms with Crippen molar-refractivity contribution < 1.29 is 0 Å². The highest BCUT2D eigenvalue weighted by Gasteiger charge is 2.16. The standard InChI is InChI=1S/C14H13BrClN5/c1-9-12(16)19-14-17-8-18-21(14)13(9)20(2)7-10-4-3-5-11(15)6-10/h3-6,8H,7H2,1-2H3. The number of fused-ring (bicyclic) bond motifs is 1.